The molecule has 0 bridgehead atoms. The molecule has 0 spiro atoms. The third kappa shape index (κ3) is 5.37. The summed E-state index contributed by atoms with van der Waals surface area (Å²) < 4.78 is 11.1. The molecule has 0 atom stereocenters. The molecule has 0 aromatic heterocycles. The van der Waals surface area contributed by atoms with Gasteiger partial charge in [-0.2, -0.15) is 15.8 Å². The maximum absolute atomic E-state index is 11.8. The molecule has 6 nitrogen and oxygen atoms in total. The first kappa shape index (κ1) is 22.5. The van der Waals surface area contributed by atoms with Crippen molar-refractivity contribution in [3.63, 3.8) is 0 Å². The van der Waals surface area contributed by atoms with Gasteiger partial charge in [0.05, 0.1) is 0 Å². The minimum atomic E-state index is -0.857. The van der Waals surface area contributed by atoms with E-state index in [1.807, 2.05) is 6.07 Å². The van der Waals surface area contributed by atoms with Gasteiger partial charge < -0.3 is 9.47 Å². The lowest BCUT2D eigenvalue weighted by Crippen LogP contribution is -2.20. The molecule has 0 N–H and O–H groups in total. The monoisotopic (exact) mass is 401 g/mol. The van der Waals surface area contributed by atoms with Crippen molar-refractivity contribution >= 4 is 12.0 Å². The van der Waals surface area contributed by atoms with Gasteiger partial charge in [-0.25, -0.2) is 0 Å². The Morgan fingerprint density at radius 1 is 1.10 bits per heavy atom. The standard InChI is InChI=1S/C24H23N3O3/c1-4-5-6-7-22(28)29-19-11-8-17(9-12-19)10-13-21-20(16-27)23(18(14-25)15-26)30-24(21,2)3/h8-13H,4-7H2,1-3H3/b13-10+. The Morgan fingerprint density at radius 3 is 2.33 bits per heavy atom. The Bertz CT molecular complexity index is 1010. The average molecular weight is 401 g/mol. The molecule has 152 valence electrons. The van der Waals surface area contributed by atoms with Gasteiger partial charge in [-0.1, -0.05) is 44.1 Å². The number of esters is 1. The van der Waals surface area contributed by atoms with Crippen LogP contribution in [0, 0.1) is 34.0 Å². The van der Waals surface area contributed by atoms with E-state index in [4.69, 9.17) is 20.0 Å². The van der Waals surface area contributed by atoms with Crippen LogP contribution in [-0.4, -0.2) is 11.6 Å². The normalized spacial score (nSPS) is 14.6. The molecule has 2 rings (SSSR count). The number of ether oxygens (including phenoxy) is 2. The summed E-state index contributed by atoms with van der Waals surface area (Å²) in [5.74, 6) is 0.246. The highest BCUT2D eigenvalue weighted by Gasteiger charge is 2.38. The highest BCUT2D eigenvalue weighted by molar-refractivity contribution is 5.72. The van der Waals surface area contributed by atoms with Gasteiger partial charge >= 0.3 is 5.97 Å². The fraction of sp³-hybridized carbons (Fsp3) is 0.333. The van der Waals surface area contributed by atoms with E-state index in [9.17, 15) is 10.1 Å². The van der Waals surface area contributed by atoms with E-state index in [1.165, 1.54) is 0 Å². The van der Waals surface area contributed by atoms with Gasteiger partial charge in [0, 0.05) is 12.0 Å². The second kappa shape index (κ2) is 10.1. The van der Waals surface area contributed by atoms with Crippen LogP contribution in [0.15, 0.2) is 52.8 Å². The van der Waals surface area contributed by atoms with Crippen LogP contribution in [0.1, 0.15) is 52.0 Å². The zero-order chi connectivity index (χ0) is 22.1. The molecule has 0 fully saturated rings. The highest BCUT2D eigenvalue weighted by atomic mass is 16.5. The zero-order valence-electron chi connectivity index (χ0n) is 17.4. The number of rotatable bonds is 7. The van der Waals surface area contributed by atoms with E-state index < -0.39 is 5.60 Å². The van der Waals surface area contributed by atoms with Crippen LogP contribution < -0.4 is 4.74 Å². The molecule has 0 amide bonds. The van der Waals surface area contributed by atoms with Gasteiger partial charge in [0.1, 0.15) is 35.1 Å². The van der Waals surface area contributed by atoms with Crippen molar-refractivity contribution in [2.45, 2.75) is 52.1 Å². The fourth-order valence-electron chi connectivity index (χ4n) is 3.01. The molecule has 1 aromatic rings. The van der Waals surface area contributed by atoms with Gasteiger partial charge in [0.25, 0.3) is 0 Å². The van der Waals surface area contributed by atoms with Gasteiger partial charge in [-0.3, -0.25) is 4.79 Å². The fourth-order valence-corrected chi connectivity index (χ4v) is 3.01. The SMILES string of the molecule is CCCCCC(=O)Oc1ccc(/C=C/C2=C(C#N)C(=C(C#N)C#N)OC2(C)C)cc1. The molecule has 0 radical (unpaired) electrons. The van der Waals surface area contributed by atoms with Crippen molar-refractivity contribution in [1.82, 2.24) is 0 Å². The smallest absolute Gasteiger partial charge is 0.311 e. The van der Waals surface area contributed by atoms with E-state index in [0.29, 0.717) is 17.7 Å². The number of carbonyl (C=O) groups excluding carboxylic acids is 1. The van der Waals surface area contributed by atoms with Crippen molar-refractivity contribution in [3.8, 4) is 24.0 Å². The van der Waals surface area contributed by atoms with Gasteiger partial charge in [0.2, 0.25) is 0 Å². The summed E-state index contributed by atoms with van der Waals surface area (Å²) in [7, 11) is 0. The summed E-state index contributed by atoms with van der Waals surface area (Å²) in [6.07, 6.45) is 6.81. The van der Waals surface area contributed by atoms with Crippen LogP contribution in [0.5, 0.6) is 5.75 Å². The number of hydrogen-bond donors (Lipinski definition) is 0. The second-order valence-corrected chi connectivity index (χ2v) is 7.27. The topological polar surface area (TPSA) is 107 Å². The Labute approximate surface area is 176 Å². The minimum absolute atomic E-state index is 0.0116. The molecule has 0 saturated heterocycles. The van der Waals surface area contributed by atoms with Crippen LogP contribution in [-0.2, 0) is 9.53 Å². The van der Waals surface area contributed by atoms with E-state index in [1.54, 1.807) is 62.4 Å². The average Bonchev–Trinajstić information content (AvgIpc) is 2.98. The number of allylic oxidation sites excluding steroid dienone is 2. The predicted octanol–water partition coefficient (Wildman–Crippen LogP) is 5.12. The van der Waals surface area contributed by atoms with Crippen molar-refractivity contribution in [3.05, 3.63) is 58.4 Å². The summed E-state index contributed by atoms with van der Waals surface area (Å²) in [6.45, 7) is 5.62. The third-order valence-corrected chi connectivity index (χ3v) is 4.60. The predicted molar refractivity (Wildman–Crippen MR) is 111 cm³/mol. The highest BCUT2D eigenvalue weighted by Crippen LogP contribution is 2.40. The van der Waals surface area contributed by atoms with E-state index >= 15 is 0 Å². The van der Waals surface area contributed by atoms with Gasteiger partial charge in [-0.05, 0) is 38.0 Å². The molecule has 1 heterocycles. The Morgan fingerprint density at radius 2 is 1.77 bits per heavy atom. The van der Waals surface area contributed by atoms with E-state index in [2.05, 4.69) is 6.92 Å². The number of unbranched alkanes of at least 4 members (excludes halogenated alkanes) is 2. The first-order valence-electron chi connectivity index (χ1n) is 9.73. The van der Waals surface area contributed by atoms with E-state index in [0.717, 1.165) is 24.8 Å². The molecule has 1 aliphatic heterocycles. The molecule has 6 heteroatoms. The number of nitriles is 3. The van der Waals surface area contributed by atoms with E-state index in [-0.39, 0.29) is 22.9 Å². The number of benzene rings is 1. The van der Waals surface area contributed by atoms with Crippen LogP contribution in [0.3, 0.4) is 0 Å². The lowest BCUT2D eigenvalue weighted by Gasteiger charge is -2.20. The largest absolute Gasteiger partial charge is 0.480 e. The summed E-state index contributed by atoms with van der Waals surface area (Å²) in [5, 5.41) is 27.8. The Kier molecular flexibility index (Phi) is 7.56. The van der Waals surface area contributed by atoms with Crippen LogP contribution >= 0.6 is 0 Å². The third-order valence-electron chi connectivity index (χ3n) is 4.60. The molecule has 0 saturated carbocycles. The molecule has 30 heavy (non-hydrogen) atoms. The quantitative estimate of drug-likeness (QED) is 0.272. The Balaban J connectivity index is 2.20. The lowest BCUT2D eigenvalue weighted by atomic mass is 9.94. The van der Waals surface area contributed by atoms with Gasteiger partial charge in [0.15, 0.2) is 11.3 Å². The first-order chi connectivity index (χ1) is 14.4. The summed E-state index contributed by atoms with van der Waals surface area (Å²) >= 11 is 0. The Hall–Kier alpha value is -3.82. The van der Waals surface area contributed by atoms with Gasteiger partial charge in [-0.15, -0.1) is 0 Å². The zero-order valence-corrected chi connectivity index (χ0v) is 17.4. The maximum atomic E-state index is 11.8. The van der Waals surface area contributed by atoms with Crippen molar-refractivity contribution < 1.29 is 14.3 Å². The molecule has 0 aliphatic carbocycles. The number of nitrogens with zero attached hydrogens (tertiary/aromatic N) is 3. The lowest BCUT2D eigenvalue weighted by molar-refractivity contribution is -0.134. The second-order valence-electron chi connectivity index (χ2n) is 7.27. The summed E-state index contributed by atoms with van der Waals surface area (Å²) in [5.41, 5.74) is 0.498. The molecule has 1 aromatic carbocycles. The van der Waals surface area contributed by atoms with Crippen molar-refractivity contribution in [2.24, 2.45) is 0 Å². The maximum Gasteiger partial charge on any atom is 0.311 e. The number of hydrogen-bond acceptors (Lipinski definition) is 6. The molecule has 0 unspecified atom stereocenters. The summed E-state index contributed by atoms with van der Waals surface area (Å²) in [4.78, 5) is 11.8. The minimum Gasteiger partial charge on any atom is -0.480 e. The molecular formula is C24H23N3O3. The van der Waals surface area contributed by atoms with Crippen LogP contribution in [0.4, 0.5) is 0 Å². The van der Waals surface area contributed by atoms with Crippen LogP contribution in [0.25, 0.3) is 6.08 Å². The van der Waals surface area contributed by atoms with Crippen molar-refractivity contribution in [1.29, 1.82) is 15.8 Å². The van der Waals surface area contributed by atoms with Crippen LogP contribution in [0.2, 0.25) is 0 Å². The van der Waals surface area contributed by atoms with Crippen molar-refractivity contribution in [2.75, 3.05) is 0 Å². The number of carbonyl (C=O) groups is 1. The molecular weight excluding hydrogens is 378 g/mol. The first-order valence-corrected chi connectivity index (χ1v) is 9.73. The summed E-state index contributed by atoms with van der Waals surface area (Å²) in [6, 6.07) is 12.6. The molecule has 1 aliphatic rings.